The molecule has 1 atom stereocenters. The lowest BCUT2D eigenvalue weighted by Crippen LogP contribution is -2.46. The van der Waals surface area contributed by atoms with E-state index in [0.717, 1.165) is 31.6 Å². The van der Waals surface area contributed by atoms with Gasteiger partial charge < -0.3 is 9.47 Å². The zero-order chi connectivity index (χ0) is 14.4. The van der Waals surface area contributed by atoms with Gasteiger partial charge in [0.25, 0.3) is 0 Å². The minimum absolute atomic E-state index is 0.128. The molecule has 2 rings (SSSR count). The van der Waals surface area contributed by atoms with Crippen LogP contribution in [-0.4, -0.2) is 43.7 Å². The molecule has 0 saturated carbocycles. The number of carbonyl (C=O) groups excluding carboxylic acids is 1. The largest absolute Gasteiger partial charge is 0.492 e. The molecule has 1 aromatic carbocycles. The maximum Gasteiger partial charge on any atom is 0.323 e. The summed E-state index contributed by atoms with van der Waals surface area (Å²) in [7, 11) is 1.44. The topological polar surface area (TPSA) is 38.8 Å². The molecule has 0 aromatic heterocycles. The molecule has 1 saturated heterocycles. The van der Waals surface area contributed by atoms with Gasteiger partial charge in [0.1, 0.15) is 18.4 Å². The number of likely N-dealkylation sites (tertiary alicyclic amines) is 1. The summed E-state index contributed by atoms with van der Waals surface area (Å²) in [6.45, 7) is 2.17. The Morgan fingerprint density at radius 3 is 3.05 bits per heavy atom. The molecule has 0 aliphatic carbocycles. The molecular formula is C15H20ClNO3. The van der Waals surface area contributed by atoms with E-state index < -0.39 is 0 Å². The van der Waals surface area contributed by atoms with Crippen LogP contribution in [0.4, 0.5) is 0 Å². The van der Waals surface area contributed by atoms with Gasteiger partial charge in [-0.05, 0) is 37.6 Å². The second kappa shape index (κ2) is 7.50. The fraction of sp³-hybridized carbons (Fsp3) is 0.533. The number of nitrogens with zero attached hydrogens (tertiary/aromatic N) is 1. The first-order valence-electron chi connectivity index (χ1n) is 6.91. The molecule has 0 amide bonds. The molecule has 1 aliphatic heterocycles. The lowest BCUT2D eigenvalue weighted by atomic mass is 10.0. The summed E-state index contributed by atoms with van der Waals surface area (Å²) < 4.78 is 10.5. The van der Waals surface area contributed by atoms with Crippen LogP contribution in [0, 0.1) is 0 Å². The molecule has 0 N–H and O–H groups in total. The zero-order valence-electron chi connectivity index (χ0n) is 11.7. The number of hydrogen-bond acceptors (Lipinski definition) is 4. The molecule has 0 radical (unpaired) electrons. The van der Waals surface area contributed by atoms with E-state index in [-0.39, 0.29) is 12.0 Å². The lowest BCUT2D eigenvalue weighted by Gasteiger charge is -2.33. The van der Waals surface area contributed by atoms with Crippen LogP contribution in [0.5, 0.6) is 5.75 Å². The number of rotatable bonds is 5. The van der Waals surface area contributed by atoms with E-state index in [4.69, 9.17) is 21.1 Å². The molecule has 1 heterocycles. The van der Waals surface area contributed by atoms with Crippen LogP contribution in [0.15, 0.2) is 24.3 Å². The monoisotopic (exact) mass is 297 g/mol. The van der Waals surface area contributed by atoms with E-state index in [0.29, 0.717) is 18.2 Å². The highest BCUT2D eigenvalue weighted by molar-refractivity contribution is 6.30. The van der Waals surface area contributed by atoms with Crippen LogP contribution in [0.1, 0.15) is 19.3 Å². The third-order valence-electron chi connectivity index (χ3n) is 3.53. The van der Waals surface area contributed by atoms with Gasteiger partial charge >= 0.3 is 5.97 Å². The van der Waals surface area contributed by atoms with Crippen LogP contribution in [-0.2, 0) is 9.53 Å². The molecule has 1 aromatic rings. The number of methoxy groups -OCH3 is 1. The van der Waals surface area contributed by atoms with Crippen molar-refractivity contribution in [1.29, 1.82) is 0 Å². The van der Waals surface area contributed by atoms with Crippen molar-refractivity contribution in [3.8, 4) is 5.75 Å². The van der Waals surface area contributed by atoms with Gasteiger partial charge in [-0.3, -0.25) is 9.69 Å². The minimum atomic E-state index is -0.146. The van der Waals surface area contributed by atoms with Crippen LogP contribution in [0.3, 0.4) is 0 Å². The summed E-state index contributed by atoms with van der Waals surface area (Å²) in [5.74, 6) is 0.608. The molecule has 4 nitrogen and oxygen atoms in total. The number of esters is 1. The SMILES string of the molecule is COC(=O)[C@H]1CCCCN1CCOc1cccc(Cl)c1. The molecule has 0 spiro atoms. The molecule has 5 heteroatoms. The van der Waals surface area contributed by atoms with Crippen molar-refractivity contribution in [1.82, 2.24) is 4.90 Å². The first-order valence-corrected chi connectivity index (χ1v) is 7.29. The average Bonchev–Trinajstić information content (AvgIpc) is 2.47. The number of halogens is 1. The Morgan fingerprint density at radius 2 is 2.30 bits per heavy atom. The smallest absolute Gasteiger partial charge is 0.323 e. The number of hydrogen-bond donors (Lipinski definition) is 0. The first-order chi connectivity index (χ1) is 9.70. The lowest BCUT2D eigenvalue weighted by molar-refractivity contribution is -0.148. The van der Waals surface area contributed by atoms with Crippen LogP contribution in [0.25, 0.3) is 0 Å². The second-order valence-corrected chi connectivity index (χ2v) is 5.31. The highest BCUT2D eigenvalue weighted by Crippen LogP contribution is 2.19. The van der Waals surface area contributed by atoms with Crippen molar-refractivity contribution >= 4 is 17.6 Å². The van der Waals surface area contributed by atoms with Crippen molar-refractivity contribution in [2.24, 2.45) is 0 Å². The molecule has 20 heavy (non-hydrogen) atoms. The Bertz CT molecular complexity index is 452. The van der Waals surface area contributed by atoms with Gasteiger partial charge in [-0.15, -0.1) is 0 Å². The summed E-state index contributed by atoms with van der Waals surface area (Å²) in [5.41, 5.74) is 0. The molecule has 1 fully saturated rings. The Kier molecular flexibility index (Phi) is 5.68. The highest BCUT2D eigenvalue weighted by atomic mass is 35.5. The van der Waals surface area contributed by atoms with Crippen molar-refractivity contribution in [3.05, 3.63) is 29.3 Å². The average molecular weight is 298 g/mol. The van der Waals surface area contributed by atoms with E-state index in [1.807, 2.05) is 18.2 Å². The molecular weight excluding hydrogens is 278 g/mol. The Labute approximate surface area is 124 Å². The third-order valence-corrected chi connectivity index (χ3v) is 3.77. The van der Waals surface area contributed by atoms with Crippen molar-refractivity contribution in [3.63, 3.8) is 0 Å². The number of piperidine rings is 1. The zero-order valence-corrected chi connectivity index (χ0v) is 12.4. The Balaban J connectivity index is 1.84. The first kappa shape index (κ1) is 15.1. The second-order valence-electron chi connectivity index (χ2n) is 4.88. The quantitative estimate of drug-likeness (QED) is 0.784. The van der Waals surface area contributed by atoms with Crippen molar-refractivity contribution in [2.45, 2.75) is 25.3 Å². The highest BCUT2D eigenvalue weighted by Gasteiger charge is 2.28. The molecule has 0 bridgehead atoms. The van der Waals surface area contributed by atoms with Crippen molar-refractivity contribution < 1.29 is 14.3 Å². The van der Waals surface area contributed by atoms with Crippen molar-refractivity contribution in [2.75, 3.05) is 26.8 Å². The number of carbonyl (C=O) groups is 1. The summed E-state index contributed by atoms with van der Waals surface area (Å²) in [6.07, 6.45) is 3.06. The number of benzene rings is 1. The van der Waals surface area contributed by atoms with Gasteiger partial charge in [0, 0.05) is 11.6 Å². The van der Waals surface area contributed by atoms with Gasteiger partial charge in [-0.1, -0.05) is 24.1 Å². The van der Waals surface area contributed by atoms with E-state index in [2.05, 4.69) is 4.90 Å². The maximum absolute atomic E-state index is 11.7. The summed E-state index contributed by atoms with van der Waals surface area (Å²) >= 11 is 5.90. The summed E-state index contributed by atoms with van der Waals surface area (Å²) in [4.78, 5) is 13.9. The molecule has 1 aliphatic rings. The van der Waals surface area contributed by atoms with Crippen LogP contribution >= 0.6 is 11.6 Å². The van der Waals surface area contributed by atoms with E-state index in [9.17, 15) is 4.79 Å². The van der Waals surface area contributed by atoms with E-state index in [1.165, 1.54) is 7.11 Å². The predicted molar refractivity (Wildman–Crippen MR) is 78.2 cm³/mol. The Hall–Kier alpha value is -1.26. The standard InChI is InChI=1S/C15H20ClNO3/c1-19-15(18)14-7-2-3-8-17(14)9-10-20-13-6-4-5-12(16)11-13/h4-6,11,14H,2-3,7-10H2,1H3/t14-/m1/s1. The fourth-order valence-corrected chi connectivity index (χ4v) is 2.68. The van der Waals surface area contributed by atoms with E-state index >= 15 is 0 Å². The van der Waals surface area contributed by atoms with Crippen LogP contribution < -0.4 is 4.74 Å². The summed E-state index contributed by atoms with van der Waals surface area (Å²) in [6, 6.07) is 7.20. The van der Waals surface area contributed by atoms with Gasteiger partial charge in [0.05, 0.1) is 7.11 Å². The van der Waals surface area contributed by atoms with Crippen LogP contribution in [0.2, 0.25) is 5.02 Å². The third kappa shape index (κ3) is 4.12. The minimum Gasteiger partial charge on any atom is -0.492 e. The van der Waals surface area contributed by atoms with Gasteiger partial charge in [-0.25, -0.2) is 0 Å². The maximum atomic E-state index is 11.7. The Morgan fingerprint density at radius 1 is 1.45 bits per heavy atom. The molecule has 110 valence electrons. The van der Waals surface area contributed by atoms with Gasteiger partial charge in [0.2, 0.25) is 0 Å². The molecule has 0 unspecified atom stereocenters. The van der Waals surface area contributed by atoms with Gasteiger partial charge in [0.15, 0.2) is 0 Å². The number of ether oxygens (including phenoxy) is 2. The van der Waals surface area contributed by atoms with E-state index in [1.54, 1.807) is 6.07 Å². The predicted octanol–water partition coefficient (Wildman–Crippen LogP) is 2.75. The van der Waals surface area contributed by atoms with Gasteiger partial charge in [-0.2, -0.15) is 0 Å². The summed E-state index contributed by atoms with van der Waals surface area (Å²) in [5, 5.41) is 0.660. The normalized spacial score (nSPS) is 19.6. The fourth-order valence-electron chi connectivity index (χ4n) is 2.50.